The summed E-state index contributed by atoms with van der Waals surface area (Å²) in [5.41, 5.74) is 2.81. The molecule has 1 amide bonds. The molecule has 0 saturated carbocycles. The highest BCUT2D eigenvalue weighted by Crippen LogP contribution is 2.34. The summed E-state index contributed by atoms with van der Waals surface area (Å²) in [6.45, 7) is 0. The van der Waals surface area contributed by atoms with Gasteiger partial charge in [-0.2, -0.15) is 0 Å². The second-order valence-electron chi connectivity index (χ2n) is 6.91. The Bertz CT molecular complexity index is 864. The molecule has 0 bridgehead atoms. The highest BCUT2D eigenvalue weighted by atomic mass is 16.4. The first-order valence-electron chi connectivity index (χ1n) is 8.86. The van der Waals surface area contributed by atoms with E-state index in [1.54, 1.807) is 0 Å². The number of carboxylic acids is 1. The third-order valence-electron chi connectivity index (χ3n) is 5.31. The number of hydrogen-bond donors (Lipinski definition) is 2. The van der Waals surface area contributed by atoms with Crippen LogP contribution in [-0.4, -0.2) is 17.0 Å². The average Bonchev–Trinajstić information content (AvgIpc) is 2.99. The number of carbonyl (C=O) groups is 2. The van der Waals surface area contributed by atoms with Crippen LogP contribution in [0.4, 0.5) is 5.69 Å². The van der Waals surface area contributed by atoms with Crippen LogP contribution in [0.5, 0.6) is 0 Å². The van der Waals surface area contributed by atoms with Crippen molar-refractivity contribution in [1.29, 1.82) is 0 Å². The maximum absolute atomic E-state index is 12.6. The highest BCUT2D eigenvalue weighted by molar-refractivity contribution is 5.97. The third-order valence-corrected chi connectivity index (χ3v) is 5.31. The smallest absolute Gasteiger partial charge is 0.307 e. The quantitative estimate of drug-likeness (QED) is 0.831. The van der Waals surface area contributed by atoms with Crippen LogP contribution in [0.1, 0.15) is 37.0 Å². The minimum Gasteiger partial charge on any atom is -0.481 e. The standard InChI is InChI=1S/C20H21NO4/c22-19(14-6-1-2-7-15(14)20(23)24)21-12-9-10-18-16(11-12)13-5-3-4-8-17(13)25-18/h1-2,9-11,14-15H,3-8H2,(H,21,22)(H,23,24)/t14-,15-/m1/s1. The van der Waals surface area contributed by atoms with Crippen LogP contribution in [0.25, 0.3) is 11.0 Å². The van der Waals surface area contributed by atoms with E-state index in [1.807, 2.05) is 30.4 Å². The summed E-state index contributed by atoms with van der Waals surface area (Å²) in [7, 11) is 0. The number of carbonyl (C=O) groups excluding carboxylic acids is 1. The number of rotatable bonds is 3. The number of aliphatic carboxylic acids is 1. The zero-order chi connectivity index (χ0) is 17.4. The van der Waals surface area contributed by atoms with Gasteiger partial charge in [0.25, 0.3) is 0 Å². The van der Waals surface area contributed by atoms with Gasteiger partial charge in [-0.05, 0) is 50.3 Å². The second kappa shape index (κ2) is 6.39. The lowest BCUT2D eigenvalue weighted by Gasteiger charge is -2.24. The van der Waals surface area contributed by atoms with Crippen molar-refractivity contribution in [1.82, 2.24) is 0 Å². The Morgan fingerprint density at radius 2 is 1.84 bits per heavy atom. The minimum absolute atomic E-state index is 0.228. The van der Waals surface area contributed by atoms with E-state index in [0.717, 1.165) is 42.4 Å². The largest absolute Gasteiger partial charge is 0.481 e. The molecule has 5 nitrogen and oxygen atoms in total. The summed E-state index contributed by atoms with van der Waals surface area (Å²) in [4.78, 5) is 24.0. The molecule has 1 heterocycles. The molecular formula is C20H21NO4. The number of fused-ring (bicyclic) bond motifs is 3. The van der Waals surface area contributed by atoms with Gasteiger partial charge < -0.3 is 14.8 Å². The highest BCUT2D eigenvalue weighted by Gasteiger charge is 2.34. The van der Waals surface area contributed by atoms with Crippen molar-refractivity contribution in [2.75, 3.05) is 5.32 Å². The van der Waals surface area contributed by atoms with Gasteiger partial charge in [-0.25, -0.2) is 0 Å². The van der Waals surface area contributed by atoms with Crippen molar-refractivity contribution >= 4 is 28.5 Å². The molecule has 0 radical (unpaired) electrons. The van der Waals surface area contributed by atoms with Crippen LogP contribution < -0.4 is 5.32 Å². The van der Waals surface area contributed by atoms with Gasteiger partial charge in [0.1, 0.15) is 11.3 Å². The first-order chi connectivity index (χ1) is 12.1. The Hall–Kier alpha value is -2.56. The molecule has 2 aliphatic carbocycles. The van der Waals surface area contributed by atoms with Gasteiger partial charge in [0, 0.05) is 23.1 Å². The lowest BCUT2D eigenvalue weighted by atomic mass is 9.82. The summed E-state index contributed by atoms with van der Waals surface area (Å²) < 4.78 is 5.92. The van der Waals surface area contributed by atoms with Gasteiger partial charge in [-0.1, -0.05) is 12.2 Å². The van der Waals surface area contributed by atoms with E-state index in [-0.39, 0.29) is 5.91 Å². The van der Waals surface area contributed by atoms with Gasteiger partial charge in [0.2, 0.25) is 5.91 Å². The Balaban J connectivity index is 1.58. The SMILES string of the molecule is O=C(O)[C@@H]1CC=CC[C@H]1C(=O)Nc1ccc2oc3c(c2c1)CCCC3. The van der Waals surface area contributed by atoms with Crippen molar-refractivity contribution in [3.63, 3.8) is 0 Å². The predicted octanol–water partition coefficient (Wildman–Crippen LogP) is 3.92. The number of furan rings is 1. The van der Waals surface area contributed by atoms with E-state index >= 15 is 0 Å². The number of nitrogens with one attached hydrogen (secondary N) is 1. The van der Waals surface area contributed by atoms with Crippen molar-refractivity contribution in [2.24, 2.45) is 11.8 Å². The maximum Gasteiger partial charge on any atom is 0.307 e. The molecule has 130 valence electrons. The van der Waals surface area contributed by atoms with E-state index in [1.165, 1.54) is 5.56 Å². The normalized spacial score (nSPS) is 22.6. The van der Waals surface area contributed by atoms with Crippen LogP contribution in [0.15, 0.2) is 34.8 Å². The summed E-state index contributed by atoms with van der Waals surface area (Å²) in [5, 5.41) is 13.3. The molecule has 4 rings (SSSR count). The van der Waals surface area contributed by atoms with Crippen molar-refractivity contribution < 1.29 is 19.1 Å². The minimum atomic E-state index is -0.913. The molecule has 2 aliphatic rings. The topological polar surface area (TPSA) is 79.5 Å². The molecule has 0 fully saturated rings. The molecule has 0 spiro atoms. The Labute approximate surface area is 145 Å². The fraction of sp³-hybridized carbons (Fsp3) is 0.400. The third kappa shape index (κ3) is 2.95. The molecule has 0 unspecified atom stereocenters. The van der Waals surface area contributed by atoms with E-state index < -0.39 is 17.8 Å². The van der Waals surface area contributed by atoms with Crippen LogP contribution >= 0.6 is 0 Å². The van der Waals surface area contributed by atoms with Gasteiger partial charge in [0.15, 0.2) is 0 Å². The molecule has 2 atom stereocenters. The van der Waals surface area contributed by atoms with Crippen LogP contribution in [0, 0.1) is 11.8 Å². The molecule has 5 heteroatoms. The molecule has 0 aliphatic heterocycles. The lowest BCUT2D eigenvalue weighted by molar-refractivity contribution is -0.146. The lowest BCUT2D eigenvalue weighted by Crippen LogP contribution is -2.34. The number of allylic oxidation sites excluding steroid dienone is 2. The number of benzene rings is 1. The number of anilines is 1. The van der Waals surface area contributed by atoms with E-state index in [2.05, 4.69) is 5.32 Å². The molecule has 1 aromatic carbocycles. The maximum atomic E-state index is 12.6. The molecule has 2 aromatic rings. The molecule has 1 aromatic heterocycles. The summed E-state index contributed by atoms with van der Waals surface area (Å²) in [5.74, 6) is -1.27. The van der Waals surface area contributed by atoms with Gasteiger partial charge >= 0.3 is 5.97 Å². The van der Waals surface area contributed by atoms with E-state index in [4.69, 9.17) is 4.42 Å². The van der Waals surface area contributed by atoms with Gasteiger partial charge in [-0.3, -0.25) is 9.59 Å². The van der Waals surface area contributed by atoms with Crippen molar-refractivity contribution in [3.05, 3.63) is 41.7 Å². The Morgan fingerprint density at radius 3 is 2.64 bits per heavy atom. The zero-order valence-corrected chi connectivity index (χ0v) is 14.0. The number of amides is 1. The Morgan fingerprint density at radius 1 is 1.08 bits per heavy atom. The molecule has 25 heavy (non-hydrogen) atoms. The molecule has 2 N–H and O–H groups in total. The van der Waals surface area contributed by atoms with Crippen molar-refractivity contribution in [3.8, 4) is 0 Å². The van der Waals surface area contributed by atoms with E-state index in [9.17, 15) is 14.7 Å². The predicted molar refractivity (Wildman–Crippen MR) is 94.5 cm³/mol. The zero-order valence-electron chi connectivity index (χ0n) is 14.0. The summed E-state index contributed by atoms with van der Waals surface area (Å²) in [6.07, 6.45) is 8.89. The second-order valence-corrected chi connectivity index (χ2v) is 6.91. The Kier molecular flexibility index (Phi) is 4.07. The van der Waals surface area contributed by atoms with Gasteiger partial charge in [0.05, 0.1) is 11.8 Å². The van der Waals surface area contributed by atoms with E-state index in [0.29, 0.717) is 18.5 Å². The van der Waals surface area contributed by atoms with Crippen LogP contribution in [-0.2, 0) is 22.4 Å². The van der Waals surface area contributed by atoms with Gasteiger partial charge in [-0.15, -0.1) is 0 Å². The average molecular weight is 339 g/mol. The monoisotopic (exact) mass is 339 g/mol. The summed E-state index contributed by atoms with van der Waals surface area (Å²) >= 11 is 0. The first-order valence-corrected chi connectivity index (χ1v) is 8.86. The summed E-state index contributed by atoms with van der Waals surface area (Å²) in [6, 6.07) is 5.66. The fourth-order valence-corrected chi connectivity index (χ4v) is 3.95. The molecular weight excluding hydrogens is 318 g/mol. The number of hydrogen-bond acceptors (Lipinski definition) is 3. The molecule has 0 saturated heterocycles. The van der Waals surface area contributed by atoms with Crippen molar-refractivity contribution in [2.45, 2.75) is 38.5 Å². The number of carboxylic acid groups (broad SMARTS) is 1. The fourth-order valence-electron chi connectivity index (χ4n) is 3.95. The first kappa shape index (κ1) is 15.9. The van der Waals surface area contributed by atoms with Crippen LogP contribution in [0.3, 0.4) is 0 Å². The number of aryl methyl sites for hydroxylation is 2. The van der Waals surface area contributed by atoms with Crippen LogP contribution in [0.2, 0.25) is 0 Å².